The molecule has 1 fully saturated rings. The summed E-state index contributed by atoms with van der Waals surface area (Å²) >= 11 is 1.36. The molecule has 0 amide bonds. The molecule has 0 unspecified atom stereocenters. The van der Waals surface area contributed by atoms with Crippen molar-refractivity contribution in [3.63, 3.8) is 0 Å². The van der Waals surface area contributed by atoms with Crippen LogP contribution in [0.3, 0.4) is 0 Å². The SMILES string of the molecule is CC(C)C(=O)c1sc(N2CCS(=O)(=O)CC2)cc1N. The molecule has 0 saturated carbocycles. The number of sulfone groups is 1. The van der Waals surface area contributed by atoms with Gasteiger partial charge in [0.1, 0.15) is 0 Å². The van der Waals surface area contributed by atoms with Crippen LogP contribution in [0.1, 0.15) is 23.5 Å². The molecule has 0 aromatic carbocycles. The molecular formula is C12H18N2O3S2. The fraction of sp³-hybridized carbons (Fsp3) is 0.583. The lowest BCUT2D eigenvalue weighted by Gasteiger charge is -2.27. The number of anilines is 2. The molecule has 1 aromatic heterocycles. The van der Waals surface area contributed by atoms with Crippen molar-refractivity contribution in [1.82, 2.24) is 0 Å². The number of nitrogens with zero attached hydrogens (tertiary/aromatic N) is 1. The van der Waals surface area contributed by atoms with Crippen molar-refractivity contribution in [2.24, 2.45) is 5.92 Å². The molecule has 1 saturated heterocycles. The number of Topliss-reactive ketones (excluding diaryl/α,β-unsaturated/α-hetero) is 1. The zero-order valence-electron chi connectivity index (χ0n) is 11.0. The topological polar surface area (TPSA) is 80.5 Å². The second kappa shape index (κ2) is 5.13. The highest BCUT2D eigenvalue weighted by Crippen LogP contribution is 2.34. The lowest BCUT2D eigenvalue weighted by molar-refractivity contribution is 0.0944. The standard InChI is InChI=1S/C12H18N2O3S2/c1-8(2)11(15)12-9(13)7-10(18-12)14-3-5-19(16,17)6-4-14/h7-8H,3-6,13H2,1-2H3. The third-order valence-electron chi connectivity index (χ3n) is 3.15. The summed E-state index contributed by atoms with van der Waals surface area (Å²) in [6.07, 6.45) is 0. The van der Waals surface area contributed by atoms with Gasteiger partial charge < -0.3 is 10.6 Å². The minimum atomic E-state index is -2.89. The molecule has 0 spiro atoms. The summed E-state index contributed by atoms with van der Waals surface area (Å²) in [7, 11) is -2.89. The van der Waals surface area contributed by atoms with E-state index < -0.39 is 9.84 Å². The number of nitrogen functional groups attached to an aromatic ring is 1. The Bertz CT molecular complexity index is 576. The van der Waals surface area contributed by atoms with Gasteiger partial charge in [0.25, 0.3) is 0 Å². The molecular weight excluding hydrogens is 284 g/mol. The van der Waals surface area contributed by atoms with E-state index in [1.807, 2.05) is 18.7 Å². The number of thiophene rings is 1. The third kappa shape index (κ3) is 3.09. The van der Waals surface area contributed by atoms with E-state index in [0.717, 1.165) is 5.00 Å². The largest absolute Gasteiger partial charge is 0.397 e. The molecule has 0 aliphatic carbocycles. The van der Waals surface area contributed by atoms with Crippen LogP contribution in [0.4, 0.5) is 10.7 Å². The average molecular weight is 302 g/mol. The molecule has 1 aliphatic rings. The number of hydrogen-bond donors (Lipinski definition) is 1. The fourth-order valence-corrected chi connectivity index (χ4v) is 4.36. The molecule has 2 rings (SSSR count). The molecule has 7 heteroatoms. The summed E-state index contributed by atoms with van der Waals surface area (Å²) in [5.74, 6) is 0.283. The number of hydrogen-bond acceptors (Lipinski definition) is 6. The maximum atomic E-state index is 12.0. The van der Waals surface area contributed by atoms with Crippen molar-refractivity contribution >= 4 is 37.6 Å². The first-order valence-electron chi connectivity index (χ1n) is 6.19. The highest BCUT2D eigenvalue weighted by molar-refractivity contribution is 7.91. The van der Waals surface area contributed by atoms with Crippen LogP contribution >= 0.6 is 11.3 Å². The molecule has 1 aliphatic heterocycles. The molecule has 1 aromatic rings. The number of rotatable bonds is 3. The Kier molecular flexibility index (Phi) is 3.87. The van der Waals surface area contributed by atoms with E-state index in [1.54, 1.807) is 6.07 Å². The van der Waals surface area contributed by atoms with Crippen LogP contribution in [0.25, 0.3) is 0 Å². The van der Waals surface area contributed by atoms with Crippen LogP contribution in [0.2, 0.25) is 0 Å². The van der Waals surface area contributed by atoms with Gasteiger partial charge in [-0.2, -0.15) is 0 Å². The first-order chi connectivity index (χ1) is 8.80. The van der Waals surface area contributed by atoms with Crippen molar-refractivity contribution in [1.29, 1.82) is 0 Å². The maximum Gasteiger partial charge on any atom is 0.177 e. The normalized spacial score (nSPS) is 18.8. The first kappa shape index (κ1) is 14.3. The molecule has 0 atom stereocenters. The quantitative estimate of drug-likeness (QED) is 0.854. The van der Waals surface area contributed by atoms with E-state index >= 15 is 0 Å². The Morgan fingerprint density at radius 3 is 2.47 bits per heavy atom. The zero-order valence-corrected chi connectivity index (χ0v) is 12.7. The van der Waals surface area contributed by atoms with Gasteiger partial charge in [-0.15, -0.1) is 11.3 Å². The van der Waals surface area contributed by atoms with E-state index in [2.05, 4.69) is 0 Å². The van der Waals surface area contributed by atoms with Crippen molar-refractivity contribution in [3.05, 3.63) is 10.9 Å². The summed E-state index contributed by atoms with van der Waals surface area (Å²) in [6, 6.07) is 1.78. The number of carbonyl (C=O) groups is 1. The minimum Gasteiger partial charge on any atom is -0.397 e. The maximum absolute atomic E-state index is 12.0. The van der Waals surface area contributed by atoms with Crippen LogP contribution in [-0.4, -0.2) is 38.8 Å². The predicted octanol–water partition coefficient (Wildman–Crippen LogP) is 1.40. The second-order valence-electron chi connectivity index (χ2n) is 5.03. The fourth-order valence-electron chi connectivity index (χ4n) is 1.93. The minimum absolute atomic E-state index is 0.0402. The monoisotopic (exact) mass is 302 g/mol. The molecule has 2 heterocycles. The predicted molar refractivity (Wildman–Crippen MR) is 78.8 cm³/mol. The molecule has 5 nitrogen and oxygen atoms in total. The Labute approximate surface area is 117 Å². The van der Waals surface area contributed by atoms with E-state index in [4.69, 9.17) is 5.73 Å². The molecule has 106 valence electrons. The van der Waals surface area contributed by atoms with Crippen molar-refractivity contribution < 1.29 is 13.2 Å². The van der Waals surface area contributed by atoms with E-state index in [0.29, 0.717) is 23.7 Å². The molecule has 0 bridgehead atoms. The summed E-state index contributed by atoms with van der Waals surface area (Å²) in [5, 5.41) is 0.886. The van der Waals surface area contributed by atoms with Gasteiger partial charge in [-0.1, -0.05) is 13.8 Å². The average Bonchev–Trinajstić information content (AvgIpc) is 2.70. The van der Waals surface area contributed by atoms with Crippen LogP contribution < -0.4 is 10.6 Å². The lowest BCUT2D eigenvalue weighted by Crippen LogP contribution is -2.39. The van der Waals surface area contributed by atoms with Crippen LogP contribution in [0, 0.1) is 5.92 Å². The Hall–Kier alpha value is -1.08. The lowest BCUT2D eigenvalue weighted by atomic mass is 10.1. The van der Waals surface area contributed by atoms with Crippen LogP contribution in [-0.2, 0) is 9.84 Å². The van der Waals surface area contributed by atoms with Gasteiger partial charge in [0, 0.05) is 19.0 Å². The second-order valence-corrected chi connectivity index (χ2v) is 8.36. The van der Waals surface area contributed by atoms with Gasteiger partial charge in [-0.25, -0.2) is 8.42 Å². The van der Waals surface area contributed by atoms with Gasteiger partial charge in [0.05, 0.1) is 27.1 Å². The summed E-state index contributed by atoms with van der Waals surface area (Å²) in [5.41, 5.74) is 6.38. The van der Waals surface area contributed by atoms with E-state index in [1.165, 1.54) is 11.3 Å². The third-order valence-corrected chi connectivity index (χ3v) is 5.99. The highest BCUT2D eigenvalue weighted by Gasteiger charge is 2.25. The van der Waals surface area contributed by atoms with E-state index in [9.17, 15) is 13.2 Å². The van der Waals surface area contributed by atoms with Gasteiger partial charge in [-0.3, -0.25) is 4.79 Å². The zero-order chi connectivity index (χ0) is 14.2. The number of nitrogens with two attached hydrogens (primary N) is 1. The summed E-state index contributed by atoms with van der Waals surface area (Å²) in [6.45, 7) is 4.62. The van der Waals surface area contributed by atoms with Crippen molar-refractivity contribution in [3.8, 4) is 0 Å². The van der Waals surface area contributed by atoms with E-state index in [-0.39, 0.29) is 23.2 Å². The number of carbonyl (C=O) groups excluding carboxylic acids is 1. The number of ketones is 1. The smallest absolute Gasteiger partial charge is 0.177 e. The Morgan fingerprint density at radius 2 is 1.95 bits per heavy atom. The van der Waals surface area contributed by atoms with Gasteiger partial charge >= 0.3 is 0 Å². The Morgan fingerprint density at radius 1 is 1.37 bits per heavy atom. The van der Waals surface area contributed by atoms with Gasteiger partial charge in [0.2, 0.25) is 0 Å². The van der Waals surface area contributed by atoms with Crippen molar-refractivity contribution in [2.45, 2.75) is 13.8 Å². The van der Waals surface area contributed by atoms with Gasteiger partial charge in [0.15, 0.2) is 15.6 Å². The molecule has 19 heavy (non-hydrogen) atoms. The van der Waals surface area contributed by atoms with Crippen molar-refractivity contribution in [2.75, 3.05) is 35.2 Å². The molecule has 2 N–H and O–H groups in total. The Balaban J connectivity index is 2.19. The summed E-state index contributed by atoms with van der Waals surface area (Å²) < 4.78 is 22.8. The summed E-state index contributed by atoms with van der Waals surface area (Å²) in [4.78, 5) is 14.5. The molecule has 0 radical (unpaired) electrons. The highest BCUT2D eigenvalue weighted by atomic mass is 32.2. The van der Waals surface area contributed by atoms with Crippen LogP contribution in [0.15, 0.2) is 6.07 Å². The van der Waals surface area contributed by atoms with Gasteiger partial charge in [-0.05, 0) is 6.07 Å². The van der Waals surface area contributed by atoms with Crippen LogP contribution in [0.5, 0.6) is 0 Å². The first-order valence-corrected chi connectivity index (χ1v) is 8.83.